The number of thiazole rings is 1. The fourth-order valence-corrected chi connectivity index (χ4v) is 3.34. The van der Waals surface area contributed by atoms with E-state index in [0.29, 0.717) is 10.8 Å². The number of fused-ring (bicyclic) bond motifs is 1. The Balaban J connectivity index is 1.36. The van der Waals surface area contributed by atoms with Crippen LogP contribution in [0.25, 0.3) is 21.7 Å². The molecular formula is C18H14N4O3S. The van der Waals surface area contributed by atoms with E-state index in [-0.39, 0.29) is 18.0 Å². The molecule has 0 saturated heterocycles. The highest BCUT2D eigenvalue weighted by atomic mass is 32.1. The molecule has 0 aliphatic rings. The molecule has 0 unspecified atom stereocenters. The van der Waals surface area contributed by atoms with E-state index in [1.807, 2.05) is 24.3 Å². The first kappa shape index (κ1) is 16.1. The highest BCUT2D eigenvalue weighted by Gasteiger charge is 2.14. The van der Waals surface area contributed by atoms with Crippen molar-refractivity contribution in [2.45, 2.75) is 6.42 Å². The molecule has 2 amide bonds. The van der Waals surface area contributed by atoms with Gasteiger partial charge in [0.05, 0.1) is 12.7 Å². The molecule has 0 radical (unpaired) electrons. The van der Waals surface area contributed by atoms with Gasteiger partial charge in [0.2, 0.25) is 5.91 Å². The van der Waals surface area contributed by atoms with E-state index >= 15 is 0 Å². The molecule has 8 heteroatoms. The summed E-state index contributed by atoms with van der Waals surface area (Å²) in [6, 6.07) is 11.2. The predicted octanol–water partition coefficient (Wildman–Crippen LogP) is 2.89. The summed E-state index contributed by atoms with van der Waals surface area (Å²) in [7, 11) is 0. The van der Waals surface area contributed by atoms with Gasteiger partial charge in [-0.25, -0.2) is 4.98 Å². The van der Waals surface area contributed by atoms with Crippen LogP contribution in [0.5, 0.6) is 0 Å². The van der Waals surface area contributed by atoms with Gasteiger partial charge in [-0.2, -0.15) is 0 Å². The molecule has 4 rings (SSSR count). The number of hydrogen-bond acceptors (Lipinski definition) is 5. The summed E-state index contributed by atoms with van der Waals surface area (Å²) in [4.78, 5) is 31.6. The Morgan fingerprint density at radius 2 is 2.04 bits per heavy atom. The molecule has 4 aromatic rings. The van der Waals surface area contributed by atoms with E-state index in [0.717, 1.165) is 16.5 Å². The minimum atomic E-state index is -0.480. The number of carbonyl (C=O) groups excluding carboxylic acids is 2. The number of para-hydroxylation sites is 1. The monoisotopic (exact) mass is 366 g/mol. The molecule has 3 aromatic heterocycles. The third-order valence-corrected chi connectivity index (χ3v) is 4.67. The van der Waals surface area contributed by atoms with Crippen molar-refractivity contribution < 1.29 is 14.0 Å². The lowest BCUT2D eigenvalue weighted by atomic mass is 10.1. The summed E-state index contributed by atoms with van der Waals surface area (Å²) in [6.07, 6.45) is 3.49. The summed E-state index contributed by atoms with van der Waals surface area (Å²) in [5.41, 5.74) is 6.84. The lowest BCUT2D eigenvalue weighted by molar-refractivity contribution is -0.121. The van der Waals surface area contributed by atoms with Crippen LogP contribution in [0, 0.1) is 0 Å². The largest absolute Gasteiger partial charge is 0.462 e. The minimum Gasteiger partial charge on any atom is -0.462 e. The maximum atomic E-state index is 12.1. The van der Waals surface area contributed by atoms with Gasteiger partial charge in [0, 0.05) is 22.5 Å². The lowest BCUT2D eigenvalue weighted by Gasteiger charge is -2.05. The van der Waals surface area contributed by atoms with Gasteiger partial charge in [-0.1, -0.05) is 18.2 Å². The van der Waals surface area contributed by atoms with Gasteiger partial charge in [-0.15, -0.1) is 11.3 Å². The van der Waals surface area contributed by atoms with Gasteiger partial charge in [0.25, 0.3) is 5.91 Å². The number of rotatable bonds is 4. The number of hydrogen-bond donors (Lipinski definition) is 3. The molecule has 1 aromatic carbocycles. The zero-order chi connectivity index (χ0) is 17.9. The fourth-order valence-electron chi connectivity index (χ4n) is 2.58. The third kappa shape index (κ3) is 3.22. The Morgan fingerprint density at radius 1 is 1.15 bits per heavy atom. The van der Waals surface area contributed by atoms with Crippen LogP contribution in [0.2, 0.25) is 0 Å². The molecule has 0 saturated carbocycles. The van der Waals surface area contributed by atoms with Gasteiger partial charge in [0.15, 0.2) is 10.8 Å². The predicted molar refractivity (Wildman–Crippen MR) is 97.4 cm³/mol. The summed E-state index contributed by atoms with van der Waals surface area (Å²) in [5, 5.41) is 3.20. The van der Waals surface area contributed by atoms with Gasteiger partial charge in [0.1, 0.15) is 5.69 Å². The van der Waals surface area contributed by atoms with Gasteiger partial charge >= 0.3 is 0 Å². The molecule has 130 valence electrons. The van der Waals surface area contributed by atoms with Crippen molar-refractivity contribution in [3.63, 3.8) is 0 Å². The standard InChI is InChI=1S/C18H14N4O3S/c23-16(8-11-9-19-13-5-2-1-4-12(11)13)21-22-17(24)14-10-26-18(20-14)15-6-3-7-25-15/h1-7,9-10,19H,8H2,(H,21,23)(H,22,24). The molecule has 3 heterocycles. The van der Waals surface area contributed by atoms with E-state index < -0.39 is 5.91 Å². The number of amides is 2. The molecule has 0 aliphatic heterocycles. The maximum absolute atomic E-state index is 12.1. The second-order valence-electron chi connectivity index (χ2n) is 5.55. The molecule has 3 N–H and O–H groups in total. The van der Waals surface area contributed by atoms with Crippen LogP contribution in [0.3, 0.4) is 0 Å². The molecule has 0 bridgehead atoms. The number of benzene rings is 1. The Kier molecular flexibility index (Phi) is 4.24. The van der Waals surface area contributed by atoms with Crippen LogP contribution in [0.4, 0.5) is 0 Å². The zero-order valence-electron chi connectivity index (χ0n) is 13.5. The quantitative estimate of drug-likeness (QED) is 0.484. The molecule has 0 spiro atoms. The van der Waals surface area contributed by atoms with Gasteiger partial charge in [-0.05, 0) is 23.8 Å². The van der Waals surface area contributed by atoms with E-state index in [9.17, 15) is 9.59 Å². The highest BCUT2D eigenvalue weighted by molar-refractivity contribution is 7.13. The van der Waals surface area contributed by atoms with Crippen LogP contribution in [-0.4, -0.2) is 21.8 Å². The number of carbonyl (C=O) groups is 2. The topological polar surface area (TPSA) is 100 Å². The summed E-state index contributed by atoms with van der Waals surface area (Å²) >= 11 is 1.29. The number of furan rings is 1. The number of aromatic amines is 1. The van der Waals surface area contributed by atoms with E-state index in [2.05, 4.69) is 20.8 Å². The van der Waals surface area contributed by atoms with Crippen molar-refractivity contribution in [1.29, 1.82) is 0 Å². The van der Waals surface area contributed by atoms with Crippen molar-refractivity contribution >= 4 is 34.1 Å². The number of nitrogens with one attached hydrogen (secondary N) is 3. The molecule has 0 aliphatic carbocycles. The first-order valence-corrected chi connectivity index (χ1v) is 8.72. The summed E-state index contributed by atoms with van der Waals surface area (Å²) in [6.45, 7) is 0. The first-order chi connectivity index (χ1) is 12.7. The number of H-pyrrole nitrogens is 1. The average molecular weight is 366 g/mol. The third-order valence-electron chi connectivity index (χ3n) is 3.81. The highest BCUT2D eigenvalue weighted by Crippen LogP contribution is 2.23. The van der Waals surface area contributed by atoms with Crippen molar-refractivity contribution in [2.75, 3.05) is 0 Å². The van der Waals surface area contributed by atoms with Crippen LogP contribution >= 0.6 is 11.3 Å². The normalized spacial score (nSPS) is 10.8. The van der Waals surface area contributed by atoms with E-state index in [1.54, 1.807) is 30.0 Å². The van der Waals surface area contributed by atoms with Crippen molar-refractivity contribution in [1.82, 2.24) is 20.8 Å². The Bertz CT molecular complexity index is 1070. The second kappa shape index (κ2) is 6.85. The Morgan fingerprint density at radius 3 is 2.88 bits per heavy atom. The van der Waals surface area contributed by atoms with Crippen LogP contribution in [0.15, 0.2) is 58.7 Å². The number of hydrazine groups is 1. The van der Waals surface area contributed by atoms with Crippen molar-refractivity contribution in [3.8, 4) is 10.8 Å². The molecular weight excluding hydrogens is 352 g/mol. The van der Waals surface area contributed by atoms with Crippen LogP contribution in [-0.2, 0) is 11.2 Å². The van der Waals surface area contributed by atoms with Crippen molar-refractivity contribution in [2.24, 2.45) is 0 Å². The first-order valence-electron chi connectivity index (χ1n) is 7.84. The molecule has 0 fully saturated rings. The van der Waals surface area contributed by atoms with Gasteiger partial charge in [-0.3, -0.25) is 20.4 Å². The lowest BCUT2D eigenvalue weighted by Crippen LogP contribution is -2.42. The Hall–Kier alpha value is -3.39. The van der Waals surface area contributed by atoms with E-state index in [4.69, 9.17) is 4.42 Å². The SMILES string of the molecule is O=C(Cc1c[nH]c2ccccc12)NNC(=O)c1csc(-c2ccco2)n1. The molecule has 0 atom stereocenters. The number of nitrogens with zero attached hydrogens (tertiary/aromatic N) is 1. The number of aromatic nitrogens is 2. The van der Waals surface area contributed by atoms with Crippen LogP contribution < -0.4 is 10.9 Å². The smallest absolute Gasteiger partial charge is 0.289 e. The summed E-state index contributed by atoms with van der Waals surface area (Å²) in [5.74, 6) is -0.201. The molecule has 26 heavy (non-hydrogen) atoms. The Labute approximate surface area is 152 Å². The minimum absolute atomic E-state index is 0.152. The second-order valence-corrected chi connectivity index (χ2v) is 6.41. The average Bonchev–Trinajstić information content (AvgIpc) is 3.40. The molecule has 7 nitrogen and oxygen atoms in total. The zero-order valence-corrected chi connectivity index (χ0v) is 14.3. The summed E-state index contributed by atoms with van der Waals surface area (Å²) < 4.78 is 5.25. The van der Waals surface area contributed by atoms with Crippen LogP contribution in [0.1, 0.15) is 16.1 Å². The van der Waals surface area contributed by atoms with Crippen molar-refractivity contribution in [3.05, 3.63) is 65.5 Å². The van der Waals surface area contributed by atoms with E-state index in [1.165, 1.54) is 11.3 Å². The van der Waals surface area contributed by atoms with Gasteiger partial charge < -0.3 is 9.40 Å². The fraction of sp³-hybridized carbons (Fsp3) is 0.0556. The maximum Gasteiger partial charge on any atom is 0.289 e.